The van der Waals surface area contributed by atoms with E-state index in [4.69, 9.17) is 11.6 Å². The van der Waals surface area contributed by atoms with Crippen molar-refractivity contribution in [1.82, 2.24) is 9.47 Å². The van der Waals surface area contributed by atoms with Crippen LogP contribution in [0, 0.1) is 5.92 Å². The maximum absolute atomic E-state index is 12.2. The first-order valence-corrected chi connectivity index (χ1v) is 7.62. The lowest BCUT2D eigenvalue weighted by molar-refractivity contribution is -0.134. The molecule has 5 heteroatoms. The second-order valence-corrected chi connectivity index (χ2v) is 6.14. The summed E-state index contributed by atoms with van der Waals surface area (Å²) in [4.78, 5) is 25.3. The highest BCUT2D eigenvalue weighted by atomic mass is 35.5. The van der Waals surface area contributed by atoms with Gasteiger partial charge in [-0.1, -0.05) is 18.2 Å². The summed E-state index contributed by atoms with van der Waals surface area (Å²) in [5.41, 5.74) is 1.01. The van der Waals surface area contributed by atoms with E-state index in [0.29, 0.717) is 31.1 Å². The largest absolute Gasteiger partial charge is 0.340 e. The number of carbonyl (C=O) groups excluding carboxylic acids is 2. The Morgan fingerprint density at radius 3 is 2.82 bits per heavy atom. The van der Waals surface area contributed by atoms with Crippen LogP contribution in [0.5, 0.6) is 0 Å². The molecule has 114 valence electrons. The molecule has 1 aromatic carbocycles. The van der Waals surface area contributed by atoms with Gasteiger partial charge in [-0.25, -0.2) is 0 Å². The average Bonchev–Trinajstić information content (AvgIpc) is 2.83. The van der Waals surface area contributed by atoms with Crippen LogP contribution in [0.3, 0.4) is 0 Å². The van der Waals surface area contributed by atoms with E-state index in [0.717, 1.165) is 10.9 Å². The highest BCUT2D eigenvalue weighted by Gasteiger charge is 2.30. The number of fused-ring (bicyclic) bond motifs is 1. The van der Waals surface area contributed by atoms with E-state index in [9.17, 15) is 9.59 Å². The molecule has 2 heterocycles. The van der Waals surface area contributed by atoms with Crippen molar-refractivity contribution in [3.8, 4) is 0 Å². The lowest BCUT2D eigenvalue weighted by Gasteiger charge is -2.38. The molecule has 1 aromatic heterocycles. The standard InChI is InChI=1S/C17H17ClN2O2/c1-2-17(22)20-9-12(10-20)7-15(21)11-19-6-5-13-8-14(18)3-4-16(13)19/h2-6,8,12H,1,7,9-11H2. The zero-order chi connectivity index (χ0) is 15.7. The molecule has 1 amide bonds. The first-order valence-electron chi connectivity index (χ1n) is 7.24. The molecule has 4 nitrogen and oxygen atoms in total. The Kier molecular flexibility index (Phi) is 4.03. The third kappa shape index (κ3) is 2.92. The summed E-state index contributed by atoms with van der Waals surface area (Å²) < 4.78 is 1.94. The number of hydrogen-bond acceptors (Lipinski definition) is 2. The molecule has 22 heavy (non-hydrogen) atoms. The third-order valence-corrected chi connectivity index (χ3v) is 4.27. The van der Waals surface area contributed by atoms with Gasteiger partial charge in [0.25, 0.3) is 0 Å². The van der Waals surface area contributed by atoms with E-state index in [-0.39, 0.29) is 17.6 Å². The molecule has 1 saturated heterocycles. The van der Waals surface area contributed by atoms with Crippen LogP contribution in [-0.4, -0.2) is 34.2 Å². The van der Waals surface area contributed by atoms with Crippen LogP contribution in [0.25, 0.3) is 10.9 Å². The molecule has 0 saturated carbocycles. The second-order valence-electron chi connectivity index (χ2n) is 5.70. The highest BCUT2D eigenvalue weighted by Crippen LogP contribution is 2.22. The fourth-order valence-electron chi connectivity index (χ4n) is 2.89. The molecule has 0 spiro atoms. The van der Waals surface area contributed by atoms with Crippen molar-refractivity contribution in [2.24, 2.45) is 5.92 Å². The molecule has 1 aliphatic rings. The summed E-state index contributed by atoms with van der Waals surface area (Å²) in [6, 6.07) is 7.61. The lowest BCUT2D eigenvalue weighted by atomic mass is 9.94. The van der Waals surface area contributed by atoms with Crippen molar-refractivity contribution in [3.05, 3.63) is 48.1 Å². The fourth-order valence-corrected chi connectivity index (χ4v) is 3.07. The minimum atomic E-state index is -0.0584. The quantitative estimate of drug-likeness (QED) is 0.796. The van der Waals surface area contributed by atoms with E-state index in [1.54, 1.807) is 4.90 Å². The van der Waals surface area contributed by atoms with Gasteiger partial charge < -0.3 is 9.47 Å². The predicted molar refractivity (Wildman–Crippen MR) is 86.8 cm³/mol. The number of ketones is 1. The van der Waals surface area contributed by atoms with Crippen molar-refractivity contribution in [1.29, 1.82) is 0 Å². The van der Waals surface area contributed by atoms with Crippen LogP contribution in [0.15, 0.2) is 43.1 Å². The Morgan fingerprint density at radius 1 is 1.32 bits per heavy atom. The molecule has 0 unspecified atom stereocenters. The average molecular weight is 317 g/mol. The summed E-state index contributed by atoms with van der Waals surface area (Å²) >= 11 is 5.96. The monoisotopic (exact) mass is 316 g/mol. The number of halogens is 1. The normalized spacial score (nSPS) is 14.9. The third-order valence-electron chi connectivity index (χ3n) is 4.04. The van der Waals surface area contributed by atoms with E-state index < -0.39 is 0 Å². The van der Waals surface area contributed by atoms with Gasteiger partial charge in [0, 0.05) is 47.6 Å². The maximum Gasteiger partial charge on any atom is 0.245 e. The minimum absolute atomic E-state index is 0.0584. The number of aromatic nitrogens is 1. The number of carbonyl (C=O) groups is 2. The Labute approximate surface area is 134 Å². The predicted octanol–water partition coefficient (Wildman–Crippen LogP) is 2.90. The molecule has 0 aliphatic carbocycles. The number of rotatable bonds is 5. The zero-order valence-corrected chi connectivity index (χ0v) is 12.9. The molecule has 0 atom stereocenters. The van der Waals surface area contributed by atoms with Crippen molar-refractivity contribution >= 4 is 34.2 Å². The van der Waals surface area contributed by atoms with Gasteiger partial charge in [0.1, 0.15) is 0 Å². The van der Waals surface area contributed by atoms with E-state index in [2.05, 4.69) is 6.58 Å². The van der Waals surface area contributed by atoms with Gasteiger partial charge >= 0.3 is 0 Å². The minimum Gasteiger partial charge on any atom is -0.340 e. The number of hydrogen-bond donors (Lipinski definition) is 0. The van der Waals surface area contributed by atoms with Crippen LogP contribution in [0.2, 0.25) is 5.02 Å². The molecule has 0 bridgehead atoms. The number of nitrogens with zero attached hydrogens (tertiary/aromatic N) is 2. The topological polar surface area (TPSA) is 42.3 Å². The maximum atomic E-state index is 12.2. The Hall–Kier alpha value is -2.07. The first-order chi connectivity index (χ1) is 10.6. The van der Waals surface area contributed by atoms with Crippen LogP contribution < -0.4 is 0 Å². The summed E-state index contributed by atoms with van der Waals surface area (Å²) in [7, 11) is 0. The molecular weight excluding hydrogens is 300 g/mol. The molecule has 0 N–H and O–H groups in total. The number of likely N-dealkylation sites (tertiary alicyclic amines) is 1. The number of amides is 1. The van der Waals surface area contributed by atoms with Crippen LogP contribution in [-0.2, 0) is 16.1 Å². The Morgan fingerprint density at radius 2 is 2.09 bits per heavy atom. The van der Waals surface area contributed by atoms with Crippen molar-refractivity contribution < 1.29 is 9.59 Å². The molecule has 1 fully saturated rings. The molecular formula is C17H17ClN2O2. The SMILES string of the molecule is C=CC(=O)N1CC(CC(=O)Cn2ccc3cc(Cl)ccc32)C1. The second kappa shape index (κ2) is 5.97. The van der Waals surface area contributed by atoms with Crippen LogP contribution in [0.1, 0.15) is 6.42 Å². The number of Topliss-reactive ketones (excluding diaryl/α,β-unsaturated/α-hetero) is 1. The summed E-state index contributed by atoms with van der Waals surface area (Å²) in [6.07, 6.45) is 3.73. The smallest absolute Gasteiger partial charge is 0.245 e. The van der Waals surface area contributed by atoms with Crippen molar-refractivity contribution in [3.63, 3.8) is 0 Å². The fraction of sp³-hybridized carbons (Fsp3) is 0.294. The Balaban J connectivity index is 1.58. The highest BCUT2D eigenvalue weighted by molar-refractivity contribution is 6.31. The van der Waals surface area contributed by atoms with Crippen molar-refractivity contribution in [2.75, 3.05) is 13.1 Å². The van der Waals surface area contributed by atoms with Gasteiger partial charge in [-0.2, -0.15) is 0 Å². The van der Waals surface area contributed by atoms with Gasteiger partial charge in [-0.05, 0) is 30.3 Å². The molecule has 3 rings (SSSR count). The number of benzene rings is 1. The van der Waals surface area contributed by atoms with E-state index >= 15 is 0 Å². The summed E-state index contributed by atoms with van der Waals surface area (Å²) in [5, 5.41) is 1.73. The Bertz CT molecular complexity index is 744. The van der Waals surface area contributed by atoms with E-state index in [1.165, 1.54) is 6.08 Å². The van der Waals surface area contributed by atoms with Crippen LogP contribution in [0.4, 0.5) is 0 Å². The van der Waals surface area contributed by atoms with Crippen molar-refractivity contribution in [2.45, 2.75) is 13.0 Å². The first kappa shape index (κ1) is 14.9. The molecule has 0 radical (unpaired) electrons. The molecule has 1 aliphatic heterocycles. The van der Waals surface area contributed by atoms with Crippen LogP contribution >= 0.6 is 11.6 Å². The molecule has 2 aromatic rings. The zero-order valence-electron chi connectivity index (χ0n) is 12.2. The van der Waals surface area contributed by atoms with Gasteiger partial charge in [-0.15, -0.1) is 0 Å². The van der Waals surface area contributed by atoms with E-state index in [1.807, 2.05) is 35.0 Å². The van der Waals surface area contributed by atoms with Gasteiger partial charge in [0.05, 0.1) is 6.54 Å². The summed E-state index contributed by atoms with van der Waals surface area (Å²) in [5.74, 6) is 0.396. The van der Waals surface area contributed by atoms with Gasteiger partial charge in [-0.3, -0.25) is 9.59 Å². The van der Waals surface area contributed by atoms with Gasteiger partial charge in [0.2, 0.25) is 5.91 Å². The van der Waals surface area contributed by atoms with Gasteiger partial charge in [0.15, 0.2) is 5.78 Å². The lowest BCUT2D eigenvalue weighted by Crippen LogP contribution is -2.50. The summed E-state index contributed by atoms with van der Waals surface area (Å²) in [6.45, 7) is 5.12.